The van der Waals surface area contributed by atoms with Crippen LogP contribution in [0.15, 0.2) is 11.6 Å². The number of nitrogens with zero attached hydrogens (tertiary/aromatic N) is 2. The molecule has 0 radical (unpaired) electrons. The van der Waals surface area contributed by atoms with Gasteiger partial charge in [0.1, 0.15) is 0 Å². The fourth-order valence-corrected chi connectivity index (χ4v) is 2.39. The van der Waals surface area contributed by atoms with E-state index in [4.69, 9.17) is 4.74 Å². The first-order chi connectivity index (χ1) is 8.75. The van der Waals surface area contributed by atoms with E-state index in [0.29, 0.717) is 25.5 Å². The van der Waals surface area contributed by atoms with Gasteiger partial charge in [0.15, 0.2) is 5.69 Å². The summed E-state index contributed by atoms with van der Waals surface area (Å²) < 4.78 is 5.41. The molecule has 2 aliphatic rings. The molecule has 0 saturated heterocycles. The van der Waals surface area contributed by atoms with E-state index < -0.39 is 0 Å². The zero-order chi connectivity index (χ0) is 12.5. The molecule has 3 heterocycles. The lowest BCUT2D eigenvalue weighted by Gasteiger charge is -2.25. The Hall–Kier alpha value is -1.62. The summed E-state index contributed by atoms with van der Waals surface area (Å²) >= 11 is 0. The molecule has 0 aliphatic carbocycles. The number of amides is 1. The summed E-state index contributed by atoms with van der Waals surface area (Å²) in [6, 6.07) is 0. The number of aromatic nitrogens is 2. The Labute approximate surface area is 106 Å². The first kappa shape index (κ1) is 11.5. The zero-order valence-corrected chi connectivity index (χ0v) is 10.5. The van der Waals surface area contributed by atoms with Crippen LogP contribution in [0.3, 0.4) is 0 Å². The van der Waals surface area contributed by atoms with E-state index in [2.05, 4.69) is 23.2 Å². The summed E-state index contributed by atoms with van der Waals surface area (Å²) in [7, 11) is 0. The molecular weight excluding hydrogens is 230 g/mol. The van der Waals surface area contributed by atoms with E-state index in [1.165, 1.54) is 5.57 Å². The maximum absolute atomic E-state index is 12.4. The number of hydrogen-bond acceptors (Lipinski definition) is 3. The molecule has 5 heteroatoms. The summed E-state index contributed by atoms with van der Waals surface area (Å²) in [5.74, 6) is 0.0155. The molecule has 0 atom stereocenters. The highest BCUT2D eigenvalue weighted by Crippen LogP contribution is 2.20. The van der Waals surface area contributed by atoms with Gasteiger partial charge in [-0.1, -0.05) is 11.6 Å². The Morgan fingerprint density at radius 2 is 2.39 bits per heavy atom. The van der Waals surface area contributed by atoms with Gasteiger partial charge < -0.3 is 9.64 Å². The van der Waals surface area contributed by atoms with E-state index >= 15 is 0 Å². The van der Waals surface area contributed by atoms with Gasteiger partial charge in [0.2, 0.25) is 0 Å². The number of aromatic amines is 1. The van der Waals surface area contributed by atoms with Crippen molar-refractivity contribution in [1.82, 2.24) is 15.1 Å². The highest BCUT2D eigenvalue weighted by Gasteiger charge is 2.26. The molecular formula is C13H17N3O2. The summed E-state index contributed by atoms with van der Waals surface area (Å²) in [6.07, 6.45) is 3.88. The number of nitrogens with one attached hydrogen (secondary N) is 1. The number of hydrogen-bond donors (Lipinski definition) is 1. The predicted molar refractivity (Wildman–Crippen MR) is 66.2 cm³/mol. The number of rotatable bonds is 1. The average Bonchev–Trinajstić information content (AvgIpc) is 2.82. The van der Waals surface area contributed by atoms with Crippen LogP contribution in [0.4, 0.5) is 0 Å². The van der Waals surface area contributed by atoms with Gasteiger partial charge in [-0.15, -0.1) is 0 Å². The highest BCUT2D eigenvalue weighted by atomic mass is 16.5. The second-order valence-electron chi connectivity index (χ2n) is 4.88. The van der Waals surface area contributed by atoms with Crippen molar-refractivity contribution < 1.29 is 9.53 Å². The summed E-state index contributed by atoms with van der Waals surface area (Å²) in [5.41, 5.74) is 3.88. The minimum atomic E-state index is 0.0155. The monoisotopic (exact) mass is 247 g/mol. The molecule has 1 N–H and O–H groups in total. The van der Waals surface area contributed by atoms with Crippen molar-refractivity contribution in [1.29, 1.82) is 0 Å². The van der Waals surface area contributed by atoms with Crippen LogP contribution in [0.5, 0.6) is 0 Å². The molecule has 0 fully saturated rings. The molecule has 0 unspecified atom stereocenters. The quantitative estimate of drug-likeness (QED) is 0.760. The zero-order valence-electron chi connectivity index (χ0n) is 10.5. The van der Waals surface area contributed by atoms with Crippen LogP contribution < -0.4 is 0 Å². The van der Waals surface area contributed by atoms with Crippen molar-refractivity contribution in [3.8, 4) is 0 Å². The summed E-state index contributed by atoms with van der Waals surface area (Å²) in [4.78, 5) is 14.2. The smallest absolute Gasteiger partial charge is 0.275 e. The van der Waals surface area contributed by atoms with E-state index in [9.17, 15) is 4.79 Å². The predicted octanol–water partition coefficient (Wildman–Crippen LogP) is 1.27. The summed E-state index contributed by atoms with van der Waals surface area (Å²) in [5, 5.41) is 7.14. The van der Waals surface area contributed by atoms with Crippen molar-refractivity contribution in [2.45, 2.75) is 26.4 Å². The third-order valence-corrected chi connectivity index (χ3v) is 3.62. The average molecular weight is 247 g/mol. The lowest BCUT2D eigenvalue weighted by atomic mass is 10.1. The van der Waals surface area contributed by atoms with Gasteiger partial charge in [0, 0.05) is 30.8 Å². The fourth-order valence-electron chi connectivity index (χ4n) is 2.39. The van der Waals surface area contributed by atoms with Gasteiger partial charge in [-0.25, -0.2) is 0 Å². The van der Waals surface area contributed by atoms with Crippen LogP contribution >= 0.6 is 0 Å². The van der Waals surface area contributed by atoms with Crippen molar-refractivity contribution >= 4 is 5.91 Å². The topological polar surface area (TPSA) is 58.2 Å². The molecule has 0 spiro atoms. The van der Waals surface area contributed by atoms with Crippen molar-refractivity contribution in [2.75, 3.05) is 19.7 Å². The van der Waals surface area contributed by atoms with Gasteiger partial charge in [0.25, 0.3) is 5.91 Å². The van der Waals surface area contributed by atoms with Gasteiger partial charge in [0.05, 0.1) is 13.2 Å². The second-order valence-corrected chi connectivity index (χ2v) is 4.88. The Morgan fingerprint density at radius 1 is 1.50 bits per heavy atom. The van der Waals surface area contributed by atoms with Crippen molar-refractivity contribution in [3.63, 3.8) is 0 Å². The van der Waals surface area contributed by atoms with E-state index in [0.717, 1.165) is 30.6 Å². The van der Waals surface area contributed by atoms with Crippen LogP contribution in [0.1, 0.15) is 35.1 Å². The third kappa shape index (κ3) is 1.95. The Bertz CT molecular complexity index is 504. The maximum Gasteiger partial charge on any atom is 0.275 e. The van der Waals surface area contributed by atoms with Crippen LogP contribution in [0.25, 0.3) is 0 Å². The molecule has 0 saturated carbocycles. The third-order valence-electron chi connectivity index (χ3n) is 3.62. The second kappa shape index (κ2) is 4.57. The van der Waals surface area contributed by atoms with Gasteiger partial charge in [-0.05, 0) is 13.3 Å². The number of carbonyl (C=O) groups is 1. The summed E-state index contributed by atoms with van der Waals surface area (Å²) in [6.45, 7) is 4.77. The van der Waals surface area contributed by atoms with Crippen molar-refractivity contribution in [2.24, 2.45) is 0 Å². The fraction of sp³-hybridized carbons (Fsp3) is 0.538. The SMILES string of the molecule is CC1=CCN(C(=O)c2n[nH]c3c2COCC3)CC1. The van der Waals surface area contributed by atoms with Gasteiger partial charge >= 0.3 is 0 Å². The van der Waals surface area contributed by atoms with Crippen molar-refractivity contribution in [3.05, 3.63) is 28.6 Å². The minimum absolute atomic E-state index is 0.0155. The molecule has 18 heavy (non-hydrogen) atoms. The maximum atomic E-state index is 12.4. The first-order valence-electron chi connectivity index (χ1n) is 6.34. The molecule has 0 bridgehead atoms. The minimum Gasteiger partial charge on any atom is -0.376 e. The standard InChI is InChI=1S/C13H17N3O2/c1-9-2-5-16(6-3-9)13(17)12-10-8-18-7-4-11(10)14-15-12/h2H,3-8H2,1H3,(H,14,15). The number of carbonyl (C=O) groups excluding carboxylic acids is 1. The number of H-pyrrole nitrogens is 1. The lowest BCUT2D eigenvalue weighted by molar-refractivity contribution is 0.0749. The van der Waals surface area contributed by atoms with Crippen LogP contribution in [0, 0.1) is 0 Å². The lowest BCUT2D eigenvalue weighted by Crippen LogP contribution is -2.35. The van der Waals surface area contributed by atoms with E-state index in [-0.39, 0.29) is 5.91 Å². The molecule has 1 aromatic rings. The van der Waals surface area contributed by atoms with Crippen LogP contribution in [-0.2, 0) is 17.8 Å². The van der Waals surface area contributed by atoms with Gasteiger partial charge in [-0.2, -0.15) is 5.10 Å². The molecule has 1 amide bonds. The normalized spacial score (nSPS) is 19.4. The first-order valence-corrected chi connectivity index (χ1v) is 6.34. The molecule has 0 aromatic carbocycles. The molecule has 2 aliphatic heterocycles. The largest absolute Gasteiger partial charge is 0.376 e. The molecule has 96 valence electrons. The van der Waals surface area contributed by atoms with E-state index in [1.807, 2.05) is 4.90 Å². The Balaban J connectivity index is 1.82. The molecule has 3 rings (SSSR count). The van der Waals surface area contributed by atoms with E-state index in [1.54, 1.807) is 0 Å². The van der Waals surface area contributed by atoms with Gasteiger partial charge in [-0.3, -0.25) is 9.89 Å². The molecule has 5 nitrogen and oxygen atoms in total. The Kier molecular flexibility index (Phi) is 2.91. The molecule has 1 aromatic heterocycles. The highest BCUT2D eigenvalue weighted by molar-refractivity contribution is 5.94. The Morgan fingerprint density at radius 3 is 3.17 bits per heavy atom. The van der Waals surface area contributed by atoms with Crippen LogP contribution in [-0.4, -0.2) is 40.7 Å². The van der Waals surface area contributed by atoms with Crippen LogP contribution in [0.2, 0.25) is 0 Å². The number of ether oxygens (including phenoxy) is 1. The number of fused-ring (bicyclic) bond motifs is 1.